The average molecular weight is 396 g/mol. The summed E-state index contributed by atoms with van der Waals surface area (Å²) >= 11 is 9.19. The number of amides is 1. The summed E-state index contributed by atoms with van der Waals surface area (Å²) in [6.07, 6.45) is 1.85. The van der Waals surface area contributed by atoms with Crippen molar-refractivity contribution in [1.29, 1.82) is 0 Å². The predicted octanol–water partition coefficient (Wildman–Crippen LogP) is 2.84. The Hall–Kier alpha value is -2.12. The Kier molecular flexibility index (Phi) is 4.78. The number of hydrogen-bond acceptors (Lipinski definition) is 4. The molecule has 0 spiro atoms. The lowest BCUT2D eigenvalue weighted by atomic mass is 10.3. The summed E-state index contributed by atoms with van der Waals surface area (Å²) in [5, 5.41) is 11.4. The van der Waals surface area contributed by atoms with E-state index in [0.717, 1.165) is 5.65 Å². The summed E-state index contributed by atoms with van der Waals surface area (Å²) in [4.78, 5) is 11.9. The molecule has 0 aliphatic carbocycles. The van der Waals surface area contributed by atoms with Crippen molar-refractivity contribution in [2.75, 3.05) is 6.61 Å². The van der Waals surface area contributed by atoms with Gasteiger partial charge in [-0.2, -0.15) is 0 Å². The minimum absolute atomic E-state index is 0.100. The molecule has 0 radical (unpaired) electrons. The van der Waals surface area contributed by atoms with E-state index in [-0.39, 0.29) is 19.1 Å². The molecule has 3 rings (SSSR count). The number of halogens is 2. The first kappa shape index (κ1) is 15.8. The van der Waals surface area contributed by atoms with E-state index >= 15 is 0 Å². The van der Waals surface area contributed by atoms with E-state index in [4.69, 9.17) is 16.3 Å². The fourth-order valence-electron chi connectivity index (χ4n) is 1.98. The maximum atomic E-state index is 11.9. The third kappa shape index (κ3) is 3.80. The number of benzene rings is 1. The highest BCUT2D eigenvalue weighted by Crippen LogP contribution is 2.27. The molecule has 0 aliphatic heterocycles. The Morgan fingerprint density at radius 3 is 3.00 bits per heavy atom. The van der Waals surface area contributed by atoms with E-state index in [9.17, 15) is 4.79 Å². The Morgan fingerprint density at radius 2 is 2.17 bits per heavy atom. The summed E-state index contributed by atoms with van der Waals surface area (Å²) in [6, 6.07) is 10.7. The molecule has 0 atom stereocenters. The number of rotatable bonds is 5. The van der Waals surface area contributed by atoms with Crippen molar-refractivity contribution in [3.8, 4) is 5.75 Å². The van der Waals surface area contributed by atoms with Gasteiger partial charge >= 0.3 is 0 Å². The van der Waals surface area contributed by atoms with Gasteiger partial charge in [0.2, 0.25) is 0 Å². The second kappa shape index (κ2) is 6.97. The van der Waals surface area contributed by atoms with Crippen LogP contribution in [0, 0.1) is 0 Å². The second-order valence-corrected chi connectivity index (χ2v) is 5.98. The molecule has 8 heteroatoms. The highest BCUT2D eigenvalue weighted by molar-refractivity contribution is 9.10. The van der Waals surface area contributed by atoms with E-state index in [2.05, 4.69) is 31.4 Å². The van der Waals surface area contributed by atoms with Crippen molar-refractivity contribution in [3.63, 3.8) is 0 Å². The van der Waals surface area contributed by atoms with Crippen molar-refractivity contribution < 1.29 is 9.53 Å². The van der Waals surface area contributed by atoms with E-state index in [0.29, 0.717) is 21.1 Å². The van der Waals surface area contributed by atoms with Crippen LogP contribution in [0.5, 0.6) is 5.75 Å². The van der Waals surface area contributed by atoms with Crippen LogP contribution in [0.2, 0.25) is 5.02 Å². The maximum Gasteiger partial charge on any atom is 0.258 e. The highest BCUT2D eigenvalue weighted by Gasteiger charge is 2.09. The van der Waals surface area contributed by atoms with Gasteiger partial charge < -0.3 is 10.1 Å². The first-order valence-corrected chi connectivity index (χ1v) is 7.94. The molecule has 0 saturated heterocycles. The van der Waals surface area contributed by atoms with Gasteiger partial charge in [-0.25, -0.2) is 0 Å². The SMILES string of the molecule is O=C(COc1ccc(Cl)cc1Br)NCc1nnc2ccccn12. The van der Waals surface area contributed by atoms with Gasteiger partial charge in [0.05, 0.1) is 11.0 Å². The Morgan fingerprint density at radius 1 is 1.30 bits per heavy atom. The minimum atomic E-state index is -0.250. The molecule has 2 heterocycles. The largest absolute Gasteiger partial charge is 0.483 e. The number of ether oxygens (including phenoxy) is 1. The minimum Gasteiger partial charge on any atom is -0.483 e. The zero-order valence-electron chi connectivity index (χ0n) is 11.9. The fourth-order valence-corrected chi connectivity index (χ4v) is 2.77. The zero-order chi connectivity index (χ0) is 16.2. The Bertz CT molecular complexity index is 852. The van der Waals surface area contributed by atoms with Gasteiger partial charge in [-0.05, 0) is 46.3 Å². The van der Waals surface area contributed by atoms with Crippen LogP contribution in [0.4, 0.5) is 0 Å². The number of hydrogen-bond donors (Lipinski definition) is 1. The zero-order valence-corrected chi connectivity index (χ0v) is 14.2. The average Bonchev–Trinajstić information content (AvgIpc) is 2.95. The number of carbonyl (C=O) groups excluding carboxylic acids is 1. The van der Waals surface area contributed by atoms with Gasteiger partial charge in [0, 0.05) is 11.2 Å². The van der Waals surface area contributed by atoms with E-state index < -0.39 is 0 Å². The second-order valence-electron chi connectivity index (χ2n) is 4.69. The van der Waals surface area contributed by atoms with Crippen molar-refractivity contribution in [2.45, 2.75) is 6.54 Å². The van der Waals surface area contributed by atoms with Gasteiger partial charge in [0.1, 0.15) is 5.75 Å². The molecule has 0 unspecified atom stereocenters. The summed E-state index contributed by atoms with van der Waals surface area (Å²) in [5.41, 5.74) is 0.734. The van der Waals surface area contributed by atoms with Crippen molar-refractivity contribution in [2.24, 2.45) is 0 Å². The Balaban J connectivity index is 1.55. The number of fused-ring (bicyclic) bond motifs is 1. The standard InChI is InChI=1S/C15H12BrClN4O2/c16-11-7-10(17)4-5-12(11)23-9-15(22)18-8-14-20-19-13-3-1-2-6-21(13)14/h1-7H,8-9H2,(H,18,22). The topological polar surface area (TPSA) is 68.5 Å². The number of pyridine rings is 1. The predicted molar refractivity (Wildman–Crippen MR) is 89.5 cm³/mol. The van der Waals surface area contributed by atoms with Crippen LogP contribution in [-0.4, -0.2) is 27.1 Å². The van der Waals surface area contributed by atoms with Gasteiger partial charge in [0.25, 0.3) is 5.91 Å². The Labute approximate surface area is 145 Å². The summed E-state index contributed by atoms with van der Waals surface area (Å²) < 4.78 is 7.96. The summed E-state index contributed by atoms with van der Waals surface area (Å²) in [6.45, 7) is 0.173. The molecule has 0 bridgehead atoms. The molecule has 3 aromatic rings. The monoisotopic (exact) mass is 394 g/mol. The number of nitrogens with one attached hydrogen (secondary N) is 1. The molecule has 0 aliphatic rings. The molecule has 118 valence electrons. The summed E-state index contributed by atoms with van der Waals surface area (Å²) in [7, 11) is 0. The van der Waals surface area contributed by atoms with E-state index in [1.54, 1.807) is 18.2 Å². The number of aromatic nitrogens is 3. The lowest BCUT2D eigenvalue weighted by Crippen LogP contribution is -2.29. The van der Waals surface area contributed by atoms with Crippen LogP contribution < -0.4 is 10.1 Å². The lowest BCUT2D eigenvalue weighted by Gasteiger charge is -2.08. The van der Waals surface area contributed by atoms with Crippen LogP contribution in [0.1, 0.15) is 5.82 Å². The molecule has 0 saturated carbocycles. The molecule has 2 aromatic heterocycles. The quantitative estimate of drug-likeness (QED) is 0.721. The summed E-state index contributed by atoms with van der Waals surface area (Å²) in [5.74, 6) is 0.957. The van der Waals surface area contributed by atoms with Crippen LogP contribution in [-0.2, 0) is 11.3 Å². The van der Waals surface area contributed by atoms with Crippen LogP contribution >= 0.6 is 27.5 Å². The van der Waals surface area contributed by atoms with E-state index in [1.807, 2.05) is 28.8 Å². The van der Waals surface area contributed by atoms with Crippen LogP contribution in [0.3, 0.4) is 0 Å². The third-order valence-electron chi connectivity index (χ3n) is 3.08. The van der Waals surface area contributed by atoms with Crippen LogP contribution in [0.25, 0.3) is 5.65 Å². The molecule has 23 heavy (non-hydrogen) atoms. The van der Waals surface area contributed by atoms with Crippen molar-refractivity contribution in [3.05, 3.63) is 57.9 Å². The van der Waals surface area contributed by atoms with Crippen molar-refractivity contribution >= 4 is 39.1 Å². The van der Waals surface area contributed by atoms with E-state index in [1.165, 1.54) is 0 Å². The third-order valence-corrected chi connectivity index (χ3v) is 3.94. The van der Waals surface area contributed by atoms with Crippen LogP contribution in [0.15, 0.2) is 47.1 Å². The fraction of sp³-hybridized carbons (Fsp3) is 0.133. The number of nitrogens with zero attached hydrogens (tertiary/aromatic N) is 3. The molecule has 0 fully saturated rings. The van der Waals surface area contributed by atoms with Gasteiger partial charge in [-0.1, -0.05) is 17.7 Å². The first-order valence-electron chi connectivity index (χ1n) is 6.76. The van der Waals surface area contributed by atoms with Crippen molar-refractivity contribution in [1.82, 2.24) is 19.9 Å². The van der Waals surface area contributed by atoms with Gasteiger partial charge in [-0.3, -0.25) is 9.20 Å². The highest BCUT2D eigenvalue weighted by atomic mass is 79.9. The van der Waals surface area contributed by atoms with Gasteiger partial charge in [-0.15, -0.1) is 10.2 Å². The molecular weight excluding hydrogens is 384 g/mol. The molecule has 1 N–H and O–H groups in total. The maximum absolute atomic E-state index is 11.9. The lowest BCUT2D eigenvalue weighted by molar-refractivity contribution is -0.123. The normalized spacial score (nSPS) is 10.7. The number of carbonyl (C=O) groups is 1. The molecule has 6 nitrogen and oxygen atoms in total. The first-order chi connectivity index (χ1) is 11.1. The smallest absolute Gasteiger partial charge is 0.258 e. The van der Waals surface area contributed by atoms with Gasteiger partial charge in [0.15, 0.2) is 18.1 Å². The molecule has 1 amide bonds. The molecule has 1 aromatic carbocycles. The molecular formula is C15H12BrClN4O2.